The summed E-state index contributed by atoms with van der Waals surface area (Å²) in [6, 6.07) is 14.0. The summed E-state index contributed by atoms with van der Waals surface area (Å²) in [6.07, 6.45) is 1.31. The van der Waals surface area contributed by atoms with Crippen molar-refractivity contribution in [1.82, 2.24) is 5.43 Å². The lowest BCUT2D eigenvalue weighted by Gasteiger charge is -2.11. The van der Waals surface area contributed by atoms with Crippen molar-refractivity contribution < 1.29 is 31.8 Å². The SMILES string of the molecule is Cc1cc2c(cc1S(=O)(=O)Oc1cccc(C(=O)N/N=C/c3ccc([N+](=O)[O-])cc3)c1)OCO2. The lowest BCUT2D eigenvalue weighted by Crippen LogP contribution is -2.18. The van der Waals surface area contributed by atoms with Crippen LogP contribution in [0.2, 0.25) is 0 Å². The highest BCUT2D eigenvalue weighted by molar-refractivity contribution is 7.87. The average Bonchev–Trinajstić information content (AvgIpc) is 3.26. The van der Waals surface area contributed by atoms with Gasteiger partial charge in [-0.25, -0.2) is 5.43 Å². The molecule has 12 heteroatoms. The highest BCUT2D eigenvalue weighted by atomic mass is 32.2. The van der Waals surface area contributed by atoms with E-state index >= 15 is 0 Å². The van der Waals surface area contributed by atoms with Crippen LogP contribution in [-0.4, -0.2) is 32.3 Å². The van der Waals surface area contributed by atoms with E-state index in [4.69, 9.17) is 13.7 Å². The van der Waals surface area contributed by atoms with Crippen LogP contribution in [0, 0.1) is 17.0 Å². The van der Waals surface area contributed by atoms with Gasteiger partial charge in [-0.3, -0.25) is 14.9 Å². The predicted octanol–water partition coefficient (Wildman–Crippen LogP) is 3.16. The van der Waals surface area contributed by atoms with Gasteiger partial charge in [0.25, 0.3) is 11.6 Å². The normalized spacial score (nSPS) is 12.5. The third-order valence-electron chi connectivity index (χ3n) is 4.73. The summed E-state index contributed by atoms with van der Waals surface area (Å²) in [6.45, 7) is 1.61. The fraction of sp³-hybridized carbons (Fsp3) is 0.0909. The molecular formula is C22H17N3O8S. The quantitative estimate of drug-likeness (QED) is 0.233. The van der Waals surface area contributed by atoms with Crippen LogP contribution >= 0.6 is 0 Å². The number of nitro benzene ring substituents is 1. The molecule has 0 atom stereocenters. The number of non-ortho nitro benzene ring substituents is 1. The van der Waals surface area contributed by atoms with Crippen molar-refractivity contribution in [1.29, 1.82) is 0 Å². The summed E-state index contributed by atoms with van der Waals surface area (Å²) in [5.74, 6) is 0.0699. The molecule has 1 N–H and O–H groups in total. The van der Waals surface area contributed by atoms with Crippen molar-refractivity contribution in [2.24, 2.45) is 5.10 Å². The Hall–Kier alpha value is -4.45. The van der Waals surface area contributed by atoms with E-state index in [1.807, 2.05) is 0 Å². The molecule has 1 heterocycles. The zero-order chi connectivity index (χ0) is 24.3. The fourth-order valence-corrected chi connectivity index (χ4v) is 4.22. The molecule has 0 unspecified atom stereocenters. The third kappa shape index (κ3) is 4.96. The van der Waals surface area contributed by atoms with Gasteiger partial charge in [-0.05, 0) is 54.4 Å². The van der Waals surface area contributed by atoms with Crippen LogP contribution in [0.4, 0.5) is 5.69 Å². The number of carbonyl (C=O) groups is 1. The van der Waals surface area contributed by atoms with Crippen LogP contribution in [0.15, 0.2) is 70.7 Å². The first kappa shape index (κ1) is 22.7. The lowest BCUT2D eigenvalue weighted by atomic mass is 10.2. The molecule has 3 aromatic rings. The summed E-state index contributed by atoms with van der Waals surface area (Å²) in [4.78, 5) is 22.5. The Kier molecular flexibility index (Phi) is 6.15. The second-order valence-corrected chi connectivity index (χ2v) is 8.60. The number of amides is 1. The summed E-state index contributed by atoms with van der Waals surface area (Å²) in [5.41, 5.74) is 3.30. The maximum Gasteiger partial charge on any atom is 0.339 e. The first-order chi connectivity index (χ1) is 16.2. The van der Waals surface area contributed by atoms with Crippen LogP contribution in [-0.2, 0) is 10.1 Å². The molecule has 0 saturated heterocycles. The molecule has 3 aromatic carbocycles. The molecular weight excluding hydrogens is 466 g/mol. The fourth-order valence-electron chi connectivity index (χ4n) is 3.07. The minimum atomic E-state index is -4.22. The Bertz CT molecular complexity index is 1400. The van der Waals surface area contributed by atoms with Gasteiger partial charge < -0.3 is 13.7 Å². The number of carbonyl (C=O) groups excluding carboxylic acids is 1. The molecule has 1 aliphatic rings. The zero-order valence-electron chi connectivity index (χ0n) is 17.6. The first-order valence-electron chi connectivity index (χ1n) is 9.75. The second kappa shape index (κ2) is 9.19. The third-order valence-corrected chi connectivity index (χ3v) is 6.12. The Morgan fingerprint density at radius 1 is 1.12 bits per heavy atom. The standard InChI is InChI=1S/C22H17N3O8S/c1-14-9-19-20(32-13-31-19)11-21(14)34(29,30)33-18-4-2-3-16(10-18)22(26)24-23-12-15-5-7-17(8-6-15)25(27)28/h2-12H,13H2,1H3,(H,24,26)/b23-12+. The smallest absolute Gasteiger partial charge is 0.339 e. The number of ether oxygens (including phenoxy) is 2. The van der Waals surface area contributed by atoms with Crippen LogP contribution < -0.4 is 19.1 Å². The maximum atomic E-state index is 12.8. The van der Waals surface area contributed by atoms with Crippen molar-refractivity contribution in [3.8, 4) is 17.2 Å². The van der Waals surface area contributed by atoms with E-state index in [9.17, 15) is 23.3 Å². The van der Waals surface area contributed by atoms with Crippen LogP contribution in [0.1, 0.15) is 21.5 Å². The van der Waals surface area contributed by atoms with E-state index in [0.29, 0.717) is 22.6 Å². The number of aryl methyl sites for hydroxylation is 1. The first-order valence-corrected chi connectivity index (χ1v) is 11.2. The Balaban J connectivity index is 1.45. The molecule has 1 amide bonds. The summed E-state index contributed by atoms with van der Waals surface area (Å²) >= 11 is 0. The van der Waals surface area contributed by atoms with E-state index in [1.165, 1.54) is 60.8 Å². The van der Waals surface area contributed by atoms with Crippen molar-refractivity contribution in [2.45, 2.75) is 11.8 Å². The second-order valence-electron chi connectivity index (χ2n) is 7.08. The number of hydrogen-bond donors (Lipinski definition) is 1. The number of benzene rings is 3. The van der Waals surface area contributed by atoms with E-state index in [1.54, 1.807) is 13.0 Å². The Morgan fingerprint density at radius 2 is 1.82 bits per heavy atom. The van der Waals surface area contributed by atoms with Crippen LogP contribution in [0.5, 0.6) is 17.2 Å². The highest BCUT2D eigenvalue weighted by Crippen LogP contribution is 2.37. The maximum absolute atomic E-state index is 12.8. The average molecular weight is 483 g/mol. The minimum Gasteiger partial charge on any atom is -0.454 e. The van der Waals surface area contributed by atoms with Crippen molar-refractivity contribution in [2.75, 3.05) is 6.79 Å². The monoisotopic (exact) mass is 483 g/mol. The van der Waals surface area contributed by atoms with Crippen LogP contribution in [0.3, 0.4) is 0 Å². The molecule has 0 aromatic heterocycles. The molecule has 1 aliphatic heterocycles. The van der Waals surface area contributed by atoms with Gasteiger partial charge >= 0.3 is 10.1 Å². The molecule has 0 aliphatic carbocycles. The van der Waals surface area contributed by atoms with Crippen LogP contribution in [0.25, 0.3) is 0 Å². The number of fused-ring (bicyclic) bond motifs is 1. The van der Waals surface area contributed by atoms with Gasteiger partial charge in [0.15, 0.2) is 11.5 Å². The van der Waals surface area contributed by atoms with Gasteiger partial charge in [-0.1, -0.05) is 6.07 Å². The van der Waals surface area contributed by atoms with Gasteiger partial charge in [-0.15, -0.1) is 0 Å². The molecule has 0 saturated carbocycles. The highest BCUT2D eigenvalue weighted by Gasteiger charge is 2.25. The van der Waals surface area contributed by atoms with Gasteiger partial charge in [0, 0.05) is 23.8 Å². The molecule has 0 fully saturated rings. The number of rotatable bonds is 7. The summed E-state index contributed by atoms with van der Waals surface area (Å²) < 4.78 is 41.3. The molecule has 0 spiro atoms. The molecule has 174 valence electrons. The molecule has 0 bridgehead atoms. The Morgan fingerprint density at radius 3 is 2.53 bits per heavy atom. The van der Waals surface area contributed by atoms with Crippen molar-refractivity contribution in [3.05, 3.63) is 87.5 Å². The zero-order valence-corrected chi connectivity index (χ0v) is 18.4. The number of hydrogen-bond acceptors (Lipinski definition) is 9. The molecule has 0 radical (unpaired) electrons. The number of hydrazone groups is 1. The van der Waals surface area contributed by atoms with E-state index < -0.39 is 20.9 Å². The predicted molar refractivity (Wildman–Crippen MR) is 120 cm³/mol. The lowest BCUT2D eigenvalue weighted by molar-refractivity contribution is -0.384. The summed E-state index contributed by atoms with van der Waals surface area (Å²) in [5, 5.41) is 14.5. The molecule has 4 rings (SSSR count). The molecule has 34 heavy (non-hydrogen) atoms. The number of nitro groups is 1. The van der Waals surface area contributed by atoms with Gasteiger partial charge in [0.05, 0.1) is 11.1 Å². The van der Waals surface area contributed by atoms with E-state index in [0.717, 1.165) is 0 Å². The topological polar surface area (TPSA) is 146 Å². The van der Waals surface area contributed by atoms with Gasteiger partial charge in [-0.2, -0.15) is 13.5 Å². The Labute approximate surface area is 193 Å². The minimum absolute atomic E-state index is 0.00294. The van der Waals surface area contributed by atoms with Crippen molar-refractivity contribution in [3.63, 3.8) is 0 Å². The van der Waals surface area contributed by atoms with Gasteiger partial charge in [0.2, 0.25) is 6.79 Å². The summed E-state index contributed by atoms with van der Waals surface area (Å²) in [7, 11) is -4.22. The number of nitrogens with one attached hydrogen (secondary N) is 1. The van der Waals surface area contributed by atoms with Gasteiger partial charge in [0.1, 0.15) is 10.6 Å². The largest absolute Gasteiger partial charge is 0.454 e. The van der Waals surface area contributed by atoms with E-state index in [-0.39, 0.29) is 28.7 Å². The number of nitrogens with zero attached hydrogens (tertiary/aromatic N) is 2. The van der Waals surface area contributed by atoms with E-state index in [2.05, 4.69) is 10.5 Å². The molecule has 11 nitrogen and oxygen atoms in total. The van der Waals surface area contributed by atoms with Crippen molar-refractivity contribution >= 4 is 27.9 Å².